The van der Waals surface area contributed by atoms with E-state index in [2.05, 4.69) is 10.1 Å². The van der Waals surface area contributed by atoms with E-state index in [0.717, 1.165) is 46.2 Å². The summed E-state index contributed by atoms with van der Waals surface area (Å²) in [6.45, 7) is 0. The lowest BCUT2D eigenvalue weighted by molar-refractivity contribution is 0.111. The minimum atomic E-state index is 0.476. The minimum absolute atomic E-state index is 0.476. The summed E-state index contributed by atoms with van der Waals surface area (Å²) in [4.78, 5) is 15.8. The molecule has 22 heavy (non-hydrogen) atoms. The number of carbonyl (C=O) groups excluding carboxylic acids is 1. The molecule has 6 nitrogen and oxygen atoms in total. The summed E-state index contributed by atoms with van der Waals surface area (Å²) in [5.41, 5.74) is 1.62. The topological polar surface area (TPSA) is 65.7 Å². The number of rotatable bonds is 6. The molecule has 0 spiro atoms. The number of hydrogen-bond donors (Lipinski definition) is 0. The van der Waals surface area contributed by atoms with Crippen molar-refractivity contribution in [1.29, 1.82) is 0 Å². The van der Waals surface area contributed by atoms with Crippen LogP contribution in [0.3, 0.4) is 0 Å². The van der Waals surface area contributed by atoms with Gasteiger partial charge in [-0.05, 0) is 24.1 Å². The Hall–Kier alpha value is -2.41. The van der Waals surface area contributed by atoms with E-state index in [1.807, 2.05) is 18.2 Å². The maximum Gasteiger partial charge on any atom is 0.212 e. The van der Waals surface area contributed by atoms with Crippen molar-refractivity contribution in [2.45, 2.75) is 12.8 Å². The number of benzene rings is 1. The first-order valence-corrected chi connectivity index (χ1v) is 7.56. The fourth-order valence-corrected chi connectivity index (χ4v) is 3.09. The highest BCUT2D eigenvalue weighted by Gasteiger charge is 2.10. The number of imidazole rings is 1. The molecule has 3 rings (SSSR count). The van der Waals surface area contributed by atoms with Crippen LogP contribution in [0.5, 0.6) is 11.5 Å². The second-order valence-corrected chi connectivity index (χ2v) is 5.72. The Morgan fingerprint density at radius 1 is 1.23 bits per heavy atom. The molecule has 0 bridgehead atoms. The van der Waals surface area contributed by atoms with Gasteiger partial charge in [0.05, 0.1) is 20.4 Å². The lowest BCUT2D eigenvalue weighted by Crippen LogP contribution is -1.96. The second-order valence-electron chi connectivity index (χ2n) is 4.68. The Bertz CT molecular complexity index is 810. The van der Waals surface area contributed by atoms with Crippen molar-refractivity contribution >= 4 is 22.6 Å². The molecule has 0 aliphatic rings. The van der Waals surface area contributed by atoms with E-state index in [0.29, 0.717) is 5.69 Å². The number of hydrogen-bond acceptors (Lipinski definition) is 6. The molecule has 0 fully saturated rings. The van der Waals surface area contributed by atoms with Crippen LogP contribution in [-0.2, 0) is 12.8 Å². The van der Waals surface area contributed by atoms with Crippen LogP contribution in [0, 0.1) is 0 Å². The third-order valence-electron chi connectivity index (χ3n) is 3.35. The first-order valence-electron chi connectivity index (χ1n) is 6.74. The predicted octanol–water partition coefficient (Wildman–Crippen LogP) is 2.41. The Morgan fingerprint density at radius 2 is 2.05 bits per heavy atom. The van der Waals surface area contributed by atoms with Gasteiger partial charge in [-0.25, -0.2) is 9.50 Å². The van der Waals surface area contributed by atoms with Gasteiger partial charge in [0.2, 0.25) is 4.96 Å². The van der Waals surface area contributed by atoms with E-state index in [-0.39, 0.29) is 0 Å². The quantitative estimate of drug-likeness (QED) is 0.653. The van der Waals surface area contributed by atoms with E-state index >= 15 is 0 Å². The van der Waals surface area contributed by atoms with Crippen LogP contribution >= 0.6 is 11.3 Å². The Labute approximate surface area is 131 Å². The zero-order chi connectivity index (χ0) is 15.5. The molecular weight excluding hydrogens is 302 g/mol. The third kappa shape index (κ3) is 2.67. The van der Waals surface area contributed by atoms with E-state index in [4.69, 9.17) is 9.47 Å². The van der Waals surface area contributed by atoms with Crippen LogP contribution in [0.25, 0.3) is 4.96 Å². The molecule has 0 unspecified atom stereocenters. The monoisotopic (exact) mass is 317 g/mol. The number of aryl methyl sites for hydroxylation is 2. The van der Waals surface area contributed by atoms with Gasteiger partial charge >= 0.3 is 0 Å². The molecule has 114 valence electrons. The van der Waals surface area contributed by atoms with Gasteiger partial charge in [-0.3, -0.25) is 4.79 Å². The van der Waals surface area contributed by atoms with Crippen molar-refractivity contribution in [2.24, 2.45) is 0 Å². The van der Waals surface area contributed by atoms with Crippen LogP contribution in [0.2, 0.25) is 0 Å². The maximum atomic E-state index is 10.9. The normalized spacial score (nSPS) is 10.8. The van der Waals surface area contributed by atoms with E-state index < -0.39 is 0 Å². The van der Waals surface area contributed by atoms with Gasteiger partial charge in [-0.15, -0.1) is 0 Å². The largest absolute Gasteiger partial charge is 0.493 e. The molecule has 0 amide bonds. The zero-order valence-electron chi connectivity index (χ0n) is 12.3. The van der Waals surface area contributed by atoms with Crippen LogP contribution < -0.4 is 9.47 Å². The molecule has 7 heteroatoms. The van der Waals surface area contributed by atoms with Crippen molar-refractivity contribution in [3.05, 3.63) is 40.7 Å². The summed E-state index contributed by atoms with van der Waals surface area (Å²) in [7, 11) is 3.24. The first kappa shape index (κ1) is 14.5. The average molecular weight is 317 g/mol. The summed E-state index contributed by atoms with van der Waals surface area (Å²) in [6.07, 6.45) is 3.90. The van der Waals surface area contributed by atoms with Crippen LogP contribution in [-0.4, -0.2) is 35.1 Å². The van der Waals surface area contributed by atoms with Gasteiger partial charge in [0.1, 0.15) is 10.7 Å². The van der Waals surface area contributed by atoms with E-state index in [1.54, 1.807) is 18.7 Å². The van der Waals surface area contributed by atoms with E-state index in [1.165, 1.54) is 17.5 Å². The predicted molar refractivity (Wildman–Crippen MR) is 83.2 cm³/mol. The average Bonchev–Trinajstić information content (AvgIpc) is 3.12. The highest BCUT2D eigenvalue weighted by molar-refractivity contribution is 7.16. The number of aldehydes is 1. The van der Waals surface area contributed by atoms with Crippen LogP contribution in [0.15, 0.2) is 24.4 Å². The van der Waals surface area contributed by atoms with Crippen LogP contribution in [0.4, 0.5) is 0 Å². The van der Waals surface area contributed by atoms with Gasteiger partial charge < -0.3 is 9.47 Å². The number of ether oxygens (including phenoxy) is 2. The van der Waals surface area contributed by atoms with Crippen molar-refractivity contribution < 1.29 is 14.3 Å². The van der Waals surface area contributed by atoms with Gasteiger partial charge in [0, 0.05) is 6.42 Å². The molecular formula is C15H15N3O3S. The molecule has 0 saturated carbocycles. The van der Waals surface area contributed by atoms with Gasteiger partial charge in [0.25, 0.3) is 0 Å². The molecule has 0 aliphatic carbocycles. The number of aromatic nitrogens is 3. The van der Waals surface area contributed by atoms with Crippen molar-refractivity contribution in [1.82, 2.24) is 14.6 Å². The fourth-order valence-electron chi connectivity index (χ4n) is 2.22. The highest BCUT2D eigenvalue weighted by atomic mass is 32.1. The molecule has 1 aromatic carbocycles. The number of methoxy groups -OCH3 is 2. The molecule has 3 aromatic rings. The van der Waals surface area contributed by atoms with Crippen molar-refractivity contribution in [3.8, 4) is 11.5 Å². The molecule has 2 heterocycles. The van der Waals surface area contributed by atoms with Crippen LogP contribution in [0.1, 0.15) is 21.1 Å². The summed E-state index contributed by atoms with van der Waals surface area (Å²) in [5, 5.41) is 5.37. The molecule has 0 radical (unpaired) electrons. The summed E-state index contributed by atoms with van der Waals surface area (Å²) in [5.74, 6) is 1.44. The smallest absolute Gasteiger partial charge is 0.212 e. The number of carbonyl (C=O) groups is 1. The maximum absolute atomic E-state index is 10.9. The minimum Gasteiger partial charge on any atom is -0.493 e. The molecule has 0 saturated heterocycles. The molecule has 2 aromatic heterocycles. The summed E-state index contributed by atoms with van der Waals surface area (Å²) in [6, 6.07) is 5.87. The lowest BCUT2D eigenvalue weighted by atomic mass is 10.1. The molecule has 0 N–H and O–H groups in total. The Morgan fingerprint density at radius 3 is 2.77 bits per heavy atom. The van der Waals surface area contributed by atoms with Crippen molar-refractivity contribution in [3.63, 3.8) is 0 Å². The summed E-state index contributed by atoms with van der Waals surface area (Å²) >= 11 is 1.50. The Kier molecular flexibility index (Phi) is 4.06. The molecule has 0 aliphatic heterocycles. The highest BCUT2D eigenvalue weighted by Crippen LogP contribution is 2.28. The van der Waals surface area contributed by atoms with Gasteiger partial charge in [0.15, 0.2) is 17.8 Å². The second kappa shape index (κ2) is 6.15. The SMILES string of the molecule is COc1ccc(CCc2nn3c(C=O)cnc3s2)cc1OC. The molecule has 0 atom stereocenters. The zero-order valence-corrected chi connectivity index (χ0v) is 13.1. The standard InChI is InChI=1S/C15H15N3O3S/c1-20-12-5-3-10(7-13(12)21-2)4-6-14-17-18-11(9-19)8-16-15(18)22-14/h3,5,7-9H,4,6H2,1-2H3. The van der Waals surface area contributed by atoms with Gasteiger partial charge in [-0.1, -0.05) is 17.4 Å². The first-order chi connectivity index (χ1) is 10.7. The number of fused-ring (bicyclic) bond motifs is 1. The Balaban J connectivity index is 1.75. The number of nitrogens with zero attached hydrogens (tertiary/aromatic N) is 3. The third-order valence-corrected chi connectivity index (χ3v) is 4.33. The van der Waals surface area contributed by atoms with Crippen molar-refractivity contribution in [2.75, 3.05) is 14.2 Å². The van der Waals surface area contributed by atoms with Gasteiger partial charge in [-0.2, -0.15) is 5.10 Å². The summed E-state index contributed by atoms with van der Waals surface area (Å²) < 4.78 is 12.1. The fraction of sp³-hybridized carbons (Fsp3) is 0.267. The van der Waals surface area contributed by atoms with E-state index in [9.17, 15) is 4.79 Å². The lowest BCUT2D eigenvalue weighted by Gasteiger charge is -2.09.